The highest BCUT2D eigenvalue weighted by Gasteiger charge is 2.35. The maximum absolute atomic E-state index is 13.8. The van der Waals surface area contributed by atoms with Crippen LogP contribution in [0.5, 0.6) is 0 Å². The largest absolute Gasteiger partial charge is 0.481 e. The van der Waals surface area contributed by atoms with Gasteiger partial charge in [0.15, 0.2) is 5.69 Å². The van der Waals surface area contributed by atoms with Crippen molar-refractivity contribution in [3.8, 4) is 0 Å². The van der Waals surface area contributed by atoms with Crippen LogP contribution in [0.15, 0.2) is 59.4 Å². The van der Waals surface area contributed by atoms with E-state index in [-0.39, 0.29) is 18.4 Å². The Hall–Kier alpha value is -3.95. The van der Waals surface area contributed by atoms with E-state index in [4.69, 9.17) is 0 Å². The van der Waals surface area contributed by atoms with Gasteiger partial charge in [0.25, 0.3) is 5.56 Å². The third-order valence-electron chi connectivity index (χ3n) is 8.45. The molecule has 0 saturated heterocycles. The molecule has 2 N–H and O–H groups in total. The van der Waals surface area contributed by atoms with Gasteiger partial charge in [-0.15, -0.1) is 0 Å². The SMILES string of the molecule is Cc1c(CC(C(=O)O)C(C)(C)C)cccc1NC(=O)C(c1ccc(Cn2nc(C(F)(F)F)ccc2=O)cc1)C1CCCC1. The van der Waals surface area contributed by atoms with Gasteiger partial charge in [-0.3, -0.25) is 14.4 Å². The van der Waals surface area contributed by atoms with E-state index in [0.29, 0.717) is 23.7 Å². The van der Waals surface area contributed by atoms with Gasteiger partial charge in [-0.2, -0.15) is 18.3 Å². The number of amides is 1. The highest BCUT2D eigenvalue weighted by Crippen LogP contribution is 2.39. The first kappa shape index (κ1) is 32.0. The number of halogens is 3. The Morgan fingerprint density at radius 1 is 1.02 bits per heavy atom. The van der Waals surface area contributed by atoms with Crippen molar-refractivity contribution in [2.45, 2.75) is 78.4 Å². The molecule has 0 bridgehead atoms. The van der Waals surface area contributed by atoms with Gasteiger partial charge in [-0.05, 0) is 71.9 Å². The lowest BCUT2D eigenvalue weighted by Gasteiger charge is -2.28. The molecule has 7 nitrogen and oxygen atoms in total. The number of hydrogen-bond donors (Lipinski definition) is 2. The molecule has 0 aliphatic heterocycles. The van der Waals surface area contributed by atoms with Crippen molar-refractivity contribution in [3.63, 3.8) is 0 Å². The van der Waals surface area contributed by atoms with Gasteiger partial charge in [0, 0.05) is 11.8 Å². The van der Waals surface area contributed by atoms with E-state index in [9.17, 15) is 32.7 Å². The van der Waals surface area contributed by atoms with E-state index in [1.165, 1.54) is 0 Å². The van der Waals surface area contributed by atoms with Gasteiger partial charge in [0.1, 0.15) is 0 Å². The average molecular weight is 598 g/mol. The maximum atomic E-state index is 13.8. The molecule has 2 aromatic carbocycles. The Balaban J connectivity index is 1.57. The third kappa shape index (κ3) is 7.72. The molecule has 4 rings (SSSR count). The number of rotatable bonds is 9. The lowest BCUT2D eigenvalue weighted by molar-refractivity contribution is -0.145. The number of carbonyl (C=O) groups excluding carboxylic acids is 1. The standard InChI is InChI=1S/C33H38F3N3O4/c1-20-24(18-25(31(42)43)32(2,3)4)10-7-11-26(20)37-30(41)29(22-8-5-6-9-22)23-14-12-21(13-15-23)19-39-28(40)17-16-27(38-39)33(34,35)36/h7,10-17,22,25,29H,5-6,8-9,18-19H2,1-4H3,(H,37,41)(H,42,43). The maximum Gasteiger partial charge on any atom is 0.435 e. The topological polar surface area (TPSA) is 101 Å². The van der Waals surface area contributed by atoms with Crippen LogP contribution < -0.4 is 10.9 Å². The summed E-state index contributed by atoms with van der Waals surface area (Å²) in [5, 5.41) is 16.4. The predicted octanol–water partition coefficient (Wildman–Crippen LogP) is 6.82. The number of carbonyl (C=O) groups is 2. The van der Waals surface area contributed by atoms with E-state index >= 15 is 0 Å². The minimum Gasteiger partial charge on any atom is -0.481 e. The minimum atomic E-state index is -4.66. The second-order valence-electron chi connectivity index (χ2n) is 12.5. The number of aliphatic carboxylic acids is 1. The fraction of sp³-hybridized carbons (Fsp3) is 0.455. The lowest BCUT2D eigenvalue weighted by Crippen LogP contribution is -2.30. The van der Waals surface area contributed by atoms with E-state index < -0.39 is 40.6 Å². The van der Waals surface area contributed by atoms with Gasteiger partial charge >= 0.3 is 12.1 Å². The molecule has 1 fully saturated rings. The Labute approximate surface area is 249 Å². The zero-order valence-electron chi connectivity index (χ0n) is 24.9. The Kier molecular flexibility index (Phi) is 9.47. The third-order valence-corrected chi connectivity index (χ3v) is 8.45. The fourth-order valence-corrected chi connectivity index (χ4v) is 5.88. The lowest BCUT2D eigenvalue weighted by atomic mass is 9.76. The summed E-state index contributed by atoms with van der Waals surface area (Å²) in [6.07, 6.45) is -0.485. The number of aromatic nitrogens is 2. The summed E-state index contributed by atoms with van der Waals surface area (Å²) in [5.74, 6) is -1.94. The summed E-state index contributed by atoms with van der Waals surface area (Å²) in [6, 6.07) is 14.1. The van der Waals surface area contributed by atoms with Crippen molar-refractivity contribution in [2.24, 2.45) is 17.3 Å². The number of benzene rings is 2. The van der Waals surface area contributed by atoms with Crippen LogP contribution >= 0.6 is 0 Å². The molecule has 0 spiro atoms. The molecule has 1 aromatic heterocycles. The van der Waals surface area contributed by atoms with E-state index in [2.05, 4.69) is 10.4 Å². The minimum absolute atomic E-state index is 0.124. The van der Waals surface area contributed by atoms with Crippen LogP contribution in [0.4, 0.5) is 18.9 Å². The fourth-order valence-electron chi connectivity index (χ4n) is 5.88. The Morgan fingerprint density at radius 3 is 2.26 bits per heavy atom. The normalized spacial score (nSPS) is 15.7. The van der Waals surface area contributed by atoms with Crippen LogP contribution in [0.25, 0.3) is 0 Å². The van der Waals surface area contributed by atoms with Crippen LogP contribution in [-0.2, 0) is 28.7 Å². The van der Waals surface area contributed by atoms with Crippen molar-refractivity contribution in [2.75, 3.05) is 5.32 Å². The van der Waals surface area contributed by atoms with E-state index in [0.717, 1.165) is 53.1 Å². The molecular weight excluding hydrogens is 559 g/mol. The average Bonchev–Trinajstić information content (AvgIpc) is 3.44. The number of carboxylic acid groups (broad SMARTS) is 1. The molecule has 1 heterocycles. The molecule has 1 saturated carbocycles. The summed E-state index contributed by atoms with van der Waals surface area (Å²) in [7, 11) is 0. The van der Waals surface area contributed by atoms with Crippen LogP contribution in [0.2, 0.25) is 0 Å². The number of nitrogens with one attached hydrogen (secondary N) is 1. The zero-order chi connectivity index (χ0) is 31.5. The first-order valence-electron chi connectivity index (χ1n) is 14.5. The molecule has 230 valence electrons. The van der Waals surface area contributed by atoms with Crippen molar-refractivity contribution in [1.82, 2.24) is 9.78 Å². The Bertz CT molecular complexity index is 1520. The first-order chi connectivity index (χ1) is 20.1. The Morgan fingerprint density at radius 2 is 1.67 bits per heavy atom. The molecule has 1 amide bonds. The highest BCUT2D eigenvalue weighted by molar-refractivity contribution is 5.97. The highest BCUT2D eigenvalue weighted by atomic mass is 19.4. The quantitative estimate of drug-likeness (QED) is 0.282. The van der Waals surface area contributed by atoms with Gasteiger partial charge in [0.2, 0.25) is 5.91 Å². The molecule has 10 heteroatoms. The molecule has 3 aromatic rings. The molecule has 2 unspecified atom stereocenters. The molecular formula is C33H38F3N3O4. The van der Waals surface area contributed by atoms with Crippen molar-refractivity contribution < 1.29 is 27.9 Å². The van der Waals surface area contributed by atoms with Gasteiger partial charge < -0.3 is 10.4 Å². The summed E-state index contributed by atoms with van der Waals surface area (Å²) in [5.41, 5.74) is 1.46. The number of anilines is 1. The van der Waals surface area contributed by atoms with Crippen LogP contribution in [0, 0.1) is 24.2 Å². The summed E-state index contributed by atoms with van der Waals surface area (Å²) >= 11 is 0. The van der Waals surface area contributed by atoms with Gasteiger partial charge in [-0.1, -0.05) is 70.0 Å². The smallest absolute Gasteiger partial charge is 0.435 e. The van der Waals surface area contributed by atoms with E-state index in [1.54, 1.807) is 24.3 Å². The molecule has 2 atom stereocenters. The zero-order valence-corrected chi connectivity index (χ0v) is 24.9. The molecule has 0 radical (unpaired) electrons. The summed E-state index contributed by atoms with van der Waals surface area (Å²) in [6.45, 7) is 7.45. The number of nitrogens with zero attached hydrogens (tertiary/aromatic N) is 2. The molecule has 43 heavy (non-hydrogen) atoms. The second kappa shape index (κ2) is 12.7. The monoisotopic (exact) mass is 597 g/mol. The molecule has 1 aliphatic rings. The van der Waals surface area contributed by atoms with Crippen molar-refractivity contribution in [1.29, 1.82) is 0 Å². The first-order valence-corrected chi connectivity index (χ1v) is 14.5. The number of carboxylic acids is 1. The van der Waals surface area contributed by atoms with E-state index in [1.807, 2.05) is 45.9 Å². The summed E-state index contributed by atoms with van der Waals surface area (Å²) < 4.78 is 40.1. The van der Waals surface area contributed by atoms with Gasteiger partial charge in [0.05, 0.1) is 18.4 Å². The molecule has 1 aliphatic carbocycles. The second-order valence-corrected chi connectivity index (χ2v) is 12.5. The number of hydrogen-bond acceptors (Lipinski definition) is 4. The van der Waals surface area contributed by atoms with Crippen LogP contribution in [-0.4, -0.2) is 26.8 Å². The van der Waals surface area contributed by atoms with Crippen molar-refractivity contribution >= 4 is 17.6 Å². The van der Waals surface area contributed by atoms with Crippen molar-refractivity contribution in [3.05, 3.63) is 92.9 Å². The predicted molar refractivity (Wildman–Crippen MR) is 158 cm³/mol. The van der Waals surface area contributed by atoms with Crippen LogP contribution in [0.1, 0.15) is 80.3 Å². The van der Waals surface area contributed by atoms with Crippen LogP contribution in [0.3, 0.4) is 0 Å². The summed E-state index contributed by atoms with van der Waals surface area (Å²) in [4.78, 5) is 38.0. The number of alkyl halides is 3. The van der Waals surface area contributed by atoms with Gasteiger partial charge in [-0.25, -0.2) is 4.68 Å².